The fourth-order valence-electron chi connectivity index (χ4n) is 14.5. The van der Waals surface area contributed by atoms with Crippen molar-refractivity contribution in [3.63, 3.8) is 0 Å². The molecule has 0 N–H and O–H groups in total. The van der Waals surface area contributed by atoms with E-state index >= 15 is 0 Å². The van der Waals surface area contributed by atoms with Crippen molar-refractivity contribution in [2.24, 2.45) is 0 Å². The summed E-state index contributed by atoms with van der Waals surface area (Å²) in [6, 6.07) is 90.4. The predicted molar refractivity (Wildman–Crippen MR) is 430 cm³/mol. The summed E-state index contributed by atoms with van der Waals surface area (Å²) in [5.41, 5.74) is 33.7. The Hall–Kier alpha value is -8.58. The molecule has 0 aliphatic heterocycles. The molecule has 11 aromatic carbocycles. The van der Waals surface area contributed by atoms with Crippen molar-refractivity contribution in [1.82, 2.24) is 0 Å². The van der Waals surface area contributed by atoms with Crippen LogP contribution in [0.1, 0.15) is 211 Å². The average molecular weight is 1290 g/mol. The maximum Gasteiger partial charge on any atom is -0.00926 e. The second-order valence-electron chi connectivity index (χ2n) is 36.4. The van der Waals surface area contributed by atoms with E-state index in [2.05, 4.69) is 397 Å². The number of hydrogen-bond donors (Lipinski definition) is 0. The Morgan fingerprint density at radius 3 is 0.510 bits per heavy atom. The summed E-state index contributed by atoms with van der Waals surface area (Å²) in [7, 11) is 0. The molecule has 11 rings (SSSR count). The molecular formula is C98H110. The molecule has 0 aliphatic carbocycles. The summed E-state index contributed by atoms with van der Waals surface area (Å²) in [6.45, 7) is 56.6. The molecule has 0 heterocycles. The smallest absolute Gasteiger partial charge is 0.00926 e. The molecule has 0 saturated carbocycles. The summed E-state index contributed by atoms with van der Waals surface area (Å²) >= 11 is 0. The Kier molecular flexibility index (Phi) is 18.7. The van der Waals surface area contributed by atoms with E-state index in [1.54, 1.807) is 0 Å². The van der Waals surface area contributed by atoms with Crippen LogP contribution in [-0.4, -0.2) is 0 Å². The summed E-state index contributed by atoms with van der Waals surface area (Å²) < 4.78 is 0. The van der Waals surface area contributed by atoms with Crippen molar-refractivity contribution in [1.29, 1.82) is 0 Å². The quantitative estimate of drug-likeness (QED) is 0.128. The van der Waals surface area contributed by atoms with Gasteiger partial charge in [-0.25, -0.2) is 0 Å². The van der Waals surface area contributed by atoms with Crippen LogP contribution in [0.4, 0.5) is 0 Å². The minimum absolute atomic E-state index is 0.0954. The second-order valence-corrected chi connectivity index (χ2v) is 36.4. The molecule has 0 unspecified atom stereocenters. The van der Waals surface area contributed by atoms with Crippen molar-refractivity contribution < 1.29 is 0 Å². The molecule has 0 radical (unpaired) electrons. The highest BCUT2D eigenvalue weighted by Gasteiger charge is 2.30. The standard InChI is InChI=1S/C98H110/c1-91(2,3)71-55-69(56-72(59-71)92(4,5)6)75-37-25-27-43-81(75)85-61-84(68-53-65(79-41-31-35-47-89(79)97(19,20)21)50-66(54-68)80-42-32-36-48-90(80)98(22,23)24)86(82-44-28-26-38-76(82)70-57-73(93(7,8)9)60-74(58-70)94(10,11)12)62-83(85)67-51-63(77-39-29-33-45-87(77)95(13,14)15)49-64(52-67)78-40-30-34-46-88(78)96(16,17)18/h25-62H,1-24H3. The zero-order valence-electron chi connectivity index (χ0n) is 63.9. The maximum absolute atomic E-state index is 2.62. The molecule has 0 aromatic heterocycles. The minimum Gasteiger partial charge on any atom is -0.0619 e. The van der Waals surface area contributed by atoms with E-state index in [9.17, 15) is 0 Å². The lowest BCUT2D eigenvalue weighted by Gasteiger charge is -2.28. The van der Waals surface area contributed by atoms with E-state index < -0.39 is 0 Å². The van der Waals surface area contributed by atoms with Crippen LogP contribution in [0.2, 0.25) is 0 Å². The monoisotopic (exact) mass is 1290 g/mol. The van der Waals surface area contributed by atoms with Gasteiger partial charge in [0.15, 0.2) is 0 Å². The van der Waals surface area contributed by atoms with E-state index in [0.29, 0.717) is 0 Å². The normalized spacial score (nSPS) is 12.9. The Labute approximate surface area is 592 Å². The van der Waals surface area contributed by atoms with E-state index in [1.165, 1.54) is 145 Å². The van der Waals surface area contributed by atoms with Crippen molar-refractivity contribution in [3.8, 4) is 111 Å². The van der Waals surface area contributed by atoms with Gasteiger partial charge in [0.1, 0.15) is 0 Å². The van der Waals surface area contributed by atoms with Crippen molar-refractivity contribution in [2.45, 2.75) is 209 Å². The number of rotatable bonds is 10. The van der Waals surface area contributed by atoms with Gasteiger partial charge in [-0.2, -0.15) is 0 Å². The van der Waals surface area contributed by atoms with Crippen LogP contribution in [0.15, 0.2) is 231 Å². The molecule has 0 atom stereocenters. The second kappa shape index (κ2) is 25.9. The van der Waals surface area contributed by atoms with Crippen molar-refractivity contribution >= 4 is 0 Å². The third-order valence-corrected chi connectivity index (χ3v) is 20.2. The first kappa shape index (κ1) is 70.7. The van der Waals surface area contributed by atoms with Crippen LogP contribution in [0.5, 0.6) is 0 Å². The van der Waals surface area contributed by atoms with Gasteiger partial charge >= 0.3 is 0 Å². The number of hydrogen-bond acceptors (Lipinski definition) is 0. The summed E-state index contributed by atoms with van der Waals surface area (Å²) in [6.07, 6.45) is 0. The molecule has 0 amide bonds. The third kappa shape index (κ3) is 14.9. The third-order valence-electron chi connectivity index (χ3n) is 20.2. The van der Waals surface area contributed by atoms with E-state index in [0.717, 1.165) is 11.1 Å². The van der Waals surface area contributed by atoms with Crippen LogP contribution in [0.3, 0.4) is 0 Å². The molecule has 0 aliphatic rings. The van der Waals surface area contributed by atoms with Gasteiger partial charge in [-0.15, -0.1) is 0 Å². The fraction of sp³-hybridized carbons (Fsp3) is 0.327. The van der Waals surface area contributed by atoms with Gasteiger partial charge in [-0.3, -0.25) is 0 Å². The molecule has 0 fully saturated rings. The summed E-state index contributed by atoms with van der Waals surface area (Å²) in [5.74, 6) is 0. The van der Waals surface area contributed by atoms with E-state index in [1.807, 2.05) is 0 Å². The maximum atomic E-state index is 2.62. The minimum atomic E-state index is -0.127. The summed E-state index contributed by atoms with van der Waals surface area (Å²) in [5, 5.41) is 0. The molecule has 0 nitrogen and oxygen atoms in total. The van der Waals surface area contributed by atoms with Gasteiger partial charge < -0.3 is 0 Å². The summed E-state index contributed by atoms with van der Waals surface area (Å²) in [4.78, 5) is 0. The van der Waals surface area contributed by atoms with Gasteiger partial charge in [0.25, 0.3) is 0 Å². The Morgan fingerprint density at radius 1 is 0.133 bits per heavy atom. The SMILES string of the molecule is CC(C)(C)c1cc(-c2ccccc2-c2cc(-c3cc(-c4ccccc4C(C)(C)C)cc(-c4ccccc4C(C)(C)C)c3)c(-c3ccccc3-c3cc(C(C)(C)C)cc(C(C)(C)C)c3)cc2-c2cc(-c3ccccc3C(C)(C)C)cc(-c3ccccc3C(C)(C)C)c2)cc(C(C)(C)C)c1. The predicted octanol–water partition coefficient (Wildman–Crippen LogP) is 28.7. The largest absolute Gasteiger partial charge is 0.0619 e. The molecule has 502 valence electrons. The molecule has 0 bridgehead atoms. The molecule has 0 spiro atoms. The van der Waals surface area contributed by atoms with Crippen LogP contribution in [0, 0.1) is 0 Å². The van der Waals surface area contributed by atoms with Crippen LogP contribution in [-0.2, 0) is 43.3 Å². The zero-order chi connectivity index (χ0) is 71.0. The van der Waals surface area contributed by atoms with E-state index in [4.69, 9.17) is 0 Å². The first-order valence-corrected chi connectivity index (χ1v) is 36.0. The van der Waals surface area contributed by atoms with Crippen LogP contribution in [0.25, 0.3) is 111 Å². The highest BCUT2D eigenvalue weighted by atomic mass is 14.3. The first-order chi connectivity index (χ1) is 45.6. The molecule has 0 saturated heterocycles. The highest BCUT2D eigenvalue weighted by molar-refractivity contribution is 6.03. The Morgan fingerprint density at radius 2 is 0.306 bits per heavy atom. The van der Waals surface area contributed by atoms with Gasteiger partial charge in [-0.1, -0.05) is 348 Å². The van der Waals surface area contributed by atoms with Gasteiger partial charge in [0, 0.05) is 0 Å². The van der Waals surface area contributed by atoms with Crippen LogP contribution >= 0.6 is 0 Å². The average Bonchev–Trinajstić information content (AvgIpc) is 0.739. The fourth-order valence-corrected chi connectivity index (χ4v) is 14.5. The first-order valence-electron chi connectivity index (χ1n) is 36.0. The lowest BCUT2D eigenvalue weighted by Crippen LogP contribution is -2.16. The van der Waals surface area contributed by atoms with Crippen molar-refractivity contribution in [3.05, 3.63) is 275 Å². The van der Waals surface area contributed by atoms with Gasteiger partial charge in [0.05, 0.1) is 0 Å². The van der Waals surface area contributed by atoms with E-state index in [-0.39, 0.29) is 43.3 Å². The molecule has 0 heteroatoms. The molecular weight excluding hydrogens is 1180 g/mol. The lowest BCUT2D eigenvalue weighted by molar-refractivity contribution is 0.568. The topological polar surface area (TPSA) is 0 Å². The highest BCUT2D eigenvalue weighted by Crippen LogP contribution is 2.52. The van der Waals surface area contributed by atoms with Crippen molar-refractivity contribution in [2.75, 3.05) is 0 Å². The molecule has 98 heavy (non-hydrogen) atoms. The lowest BCUT2D eigenvalue weighted by atomic mass is 9.76. The zero-order valence-corrected chi connectivity index (χ0v) is 63.9. The number of benzene rings is 11. The molecule has 11 aromatic rings. The Bertz CT molecular complexity index is 4250. The van der Waals surface area contributed by atoms with Gasteiger partial charge in [0.2, 0.25) is 0 Å². The van der Waals surface area contributed by atoms with Crippen LogP contribution < -0.4 is 0 Å². The van der Waals surface area contributed by atoms with Gasteiger partial charge in [-0.05, 0) is 248 Å². The Balaban J connectivity index is 1.39.